The number of benzene rings is 1. The van der Waals surface area contributed by atoms with Gasteiger partial charge >= 0.3 is 0 Å². The van der Waals surface area contributed by atoms with Crippen molar-refractivity contribution < 1.29 is 0 Å². The summed E-state index contributed by atoms with van der Waals surface area (Å²) in [6, 6.07) is 0. The van der Waals surface area contributed by atoms with E-state index in [9.17, 15) is 0 Å². The molecule has 0 amide bonds. The molecule has 0 heteroatoms. The molecule has 0 N–H and O–H groups in total. The van der Waals surface area contributed by atoms with Crippen LogP contribution >= 0.6 is 0 Å². The zero-order chi connectivity index (χ0) is 14.6. The van der Waals surface area contributed by atoms with Crippen LogP contribution in [0, 0.1) is 33.6 Å². The summed E-state index contributed by atoms with van der Waals surface area (Å²) in [5.74, 6) is 1.07. The van der Waals surface area contributed by atoms with Gasteiger partial charge in [-0.15, -0.1) is 0 Å². The first-order valence-corrected chi connectivity index (χ1v) is 7.58. The second-order valence-corrected chi connectivity index (χ2v) is 6.42. The predicted molar refractivity (Wildman–Crippen MR) is 88.2 cm³/mol. The average Bonchev–Trinajstić information content (AvgIpc) is 3.02. The zero-order valence-corrected chi connectivity index (χ0v) is 13.5. The van der Waals surface area contributed by atoms with Crippen LogP contribution in [0.1, 0.15) is 53.1 Å². The van der Waals surface area contributed by atoms with Crippen LogP contribution in [0.25, 0.3) is 5.57 Å². The molecule has 20 heavy (non-hydrogen) atoms. The van der Waals surface area contributed by atoms with Gasteiger partial charge in [-0.05, 0) is 80.5 Å². The third-order valence-corrected chi connectivity index (χ3v) is 5.64. The van der Waals surface area contributed by atoms with E-state index in [1.165, 1.54) is 33.4 Å². The molecule has 0 heterocycles. The van der Waals surface area contributed by atoms with Crippen molar-refractivity contribution in [1.29, 1.82) is 0 Å². The molecule has 0 aliphatic heterocycles. The summed E-state index contributed by atoms with van der Waals surface area (Å²) in [4.78, 5) is 0. The maximum atomic E-state index is 2.35. The van der Waals surface area contributed by atoms with Gasteiger partial charge in [0, 0.05) is 11.8 Å². The number of rotatable bonds is 1. The van der Waals surface area contributed by atoms with Crippen molar-refractivity contribution in [2.75, 3.05) is 0 Å². The number of allylic oxidation sites excluding steroid dienone is 6. The topological polar surface area (TPSA) is 0 Å². The fraction of sp³-hybridized carbons (Fsp3) is 0.400. The molecule has 1 unspecified atom stereocenters. The molecule has 3 rings (SSSR count). The second kappa shape index (κ2) is 4.48. The van der Waals surface area contributed by atoms with Crippen molar-refractivity contribution in [3.63, 3.8) is 0 Å². The van der Waals surface area contributed by atoms with Crippen molar-refractivity contribution in [2.24, 2.45) is 5.92 Å². The van der Waals surface area contributed by atoms with Crippen LogP contribution in [-0.4, -0.2) is 0 Å². The highest BCUT2D eigenvalue weighted by Gasteiger charge is 2.34. The molecule has 1 atom stereocenters. The van der Waals surface area contributed by atoms with E-state index in [0.29, 0.717) is 11.8 Å². The Kier molecular flexibility index (Phi) is 3.01. The Morgan fingerprint density at radius 3 is 1.85 bits per heavy atom. The lowest BCUT2D eigenvalue weighted by Crippen LogP contribution is -2.10. The third kappa shape index (κ3) is 1.60. The first-order chi connectivity index (χ1) is 9.45. The molecule has 0 radical (unpaired) electrons. The first-order valence-electron chi connectivity index (χ1n) is 7.58. The molecule has 2 aliphatic rings. The van der Waals surface area contributed by atoms with Crippen molar-refractivity contribution >= 4 is 5.57 Å². The third-order valence-electron chi connectivity index (χ3n) is 5.64. The molecule has 2 aliphatic carbocycles. The minimum atomic E-state index is 0.534. The fourth-order valence-corrected chi connectivity index (χ4v) is 4.01. The smallest absolute Gasteiger partial charge is 0.0158 e. The van der Waals surface area contributed by atoms with Gasteiger partial charge in [-0.1, -0.05) is 29.9 Å². The Morgan fingerprint density at radius 2 is 1.25 bits per heavy atom. The van der Waals surface area contributed by atoms with E-state index < -0.39 is 0 Å². The highest BCUT2D eigenvalue weighted by molar-refractivity contribution is 5.81. The Hall–Kier alpha value is -1.56. The quantitative estimate of drug-likeness (QED) is 0.623. The van der Waals surface area contributed by atoms with E-state index in [0.717, 1.165) is 0 Å². The zero-order valence-electron chi connectivity index (χ0n) is 13.5. The average molecular weight is 264 g/mol. The lowest BCUT2D eigenvalue weighted by molar-refractivity contribution is 0.685. The Morgan fingerprint density at radius 1 is 0.700 bits per heavy atom. The monoisotopic (exact) mass is 264 g/mol. The van der Waals surface area contributed by atoms with Crippen LogP contribution in [0.3, 0.4) is 0 Å². The molecule has 104 valence electrons. The van der Waals surface area contributed by atoms with Crippen molar-refractivity contribution in [3.05, 3.63) is 63.3 Å². The molecule has 0 nitrogen and oxygen atoms in total. The molecule has 0 saturated heterocycles. The summed E-state index contributed by atoms with van der Waals surface area (Å²) >= 11 is 0. The van der Waals surface area contributed by atoms with Crippen LogP contribution in [0.2, 0.25) is 0 Å². The molecule has 0 bridgehead atoms. The van der Waals surface area contributed by atoms with Gasteiger partial charge in [0.15, 0.2) is 0 Å². The largest absolute Gasteiger partial charge is 0.0767 e. The summed E-state index contributed by atoms with van der Waals surface area (Å²) < 4.78 is 0. The van der Waals surface area contributed by atoms with Crippen molar-refractivity contribution in [3.8, 4) is 0 Å². The number of hydrogen-bond donors (Lipinski definition) is 0. The Labute approximate surface area is 122 Å². The minimum absolute atomic E-state index is 0.534. The lowest BCUT2D eigenvalue weighted by Gasteiger charge is -2.24. The highest BCUT2D eigenvalue weighted by atomic mass is 14.4. The van der Waals surface area contributed by atoms with Crippen LogP contribution in [0.15, 0.2) is 29.9 Å². The summed E-state index contributed by atoms with van der Waals surface area (Å²) in [7, 11) is 0. The summed E-state index contributed by atoms with van der Waals surface area (Å²) in [5.41, 5.74) is 12.1. The van der Waals surface area contributed by atoms with Crippen LogP contribution in [-0.2, 0) is 0 Å². The van der Waals surface area contributed by atoms with Gasteiger partial charge in [-0.25, -0.2) is 0 Å². The van der Waals surface area contributed by atoms with Gasteiger partial charge in [0.1, 0.15) is 0 Å². The van der Waals surface area contributed by atoms with Gasteiger partial charge < -0.3 is 0 Å². The number of hydrogen-bond acceptors (Lipinski definition) is 0. The van der Waals surface area contributed by atoms with Gasteiger partial charge in [-0.3, -0.25) is 0 Å². The highest BCUT2D eigenvalue weighted by Crippen LogP contribution is 2.50. The first kappa shape index (κ1) is 13.4. The molecule has 1 aromatic carbocycles. The van der Waals surface area contributed by atoms with Gasteiger partial charge in [-0.2, -0.15) is 0 Å². The SMILES string of the molecule is CC1=C(C)C(C2C=CC=C2)c2c(C)c(C)c(C)c(C)c21. The van der Waals surface area contributed by atoms with Gasteiger partial charge in [0.05, 0.1) is 0 Å². The number of fused-ring (bicyclic) bond motifs is 1. The normalized spacial score (nSPS) is 21.2. The minimum Gasteiger partial charge on any atom is -0.0767 e. The molecule has 0 saturated carbocycles. The summed E-state index contributed by atoms with van der Waals surface area (Å²) in [6.45, 7) is 13.8. The van der Waals surface area contributed by atoms with E-state index in [1.54, 1.807) is 11.1 Å². The maximum absolute atomic E-state index is 2.35. The van der Waals surface area contributed by atoms with Crippen LogP contribution < -0.4 is 0 Å². The van der Waals surface area contributed by atoms with E-state index in [4.69, 9.17) is 0 Å². The molecule has 0 aromatic heterocycles. The maximum Gasteiger partial charge on any atom is 0.0158 e. The lowest BCUT2D eigenvalue weighted by atomic mass is 9.80. The van der Waals surface area contributed by atoms with E-state index in [2.05, 4.69) is 65.8 Å². The van der Waals surface area contributed by atoms with E-state index in [-0.39, 0.29) is 0 Å². The molecule has 1 aromatic rings. The van der Waals surface area contributed by atoms with Gasteiger partial charge in [0.2, 0.25) is 0 Å². The van der Waals surface area contributed by atoms with E-state index >= 15 is 0 Å². The van der Waals surface area contributed by atoms with E-state index in [1.807, 2.05) is 0 Å². The standard InChI is InChI=1S/C20H24/c1-11-12(2)14(4)20-18(13(11)3)15(5)16(6)19(20)17-9-7-8-10-17/h7-10,17,19H,1-6H3. The predicted octanol–water partition coefficient (Wildman–Crippen LogP) is 5.55. The Balaban J connectivity index is 2.31. The summed E-state index contributed by atoms with van der Waals surface area (Å²) in [6.07, 6.45) is 9.07. The Bertz CT molecular complexity index is 669. The van der Waals surface area contributed by atoms with Crippen LogP contribution in [0.5, 0.6) is 0 Å². The fourth-order valence-electron chi connectivity index (χ4n) is 4.01. The molecular formula is C20H24. The summed E-state index contributed by atoms with van der Waals surface area (Å²) in [5, 5.41) is 0. The van der Waals surface area contributed by atoms with Crippen LogP contribution in [0.4, 0.5) is 0 Å². The second-order valence-electron chi connectivity index (χ2n) is 6.42. The molecule has 0 spiro atoms. The molecule has 0 fully saturated rings. The van der Waals surface area contributed by atoms with Gasteiger partial charge in [0.25, 0.3) is 0 Å². The van der Waals surface area contributed by atoms with Crippen molar-refractivity contribution in [2.45, 2.75) is 47.5 Å². The molecular weight excluding hydrogens is 240 g/mol. The van der Waals surface area contributed by atoms with Crippen molar-refractivity contribution in [1.82, 2.24) is 0 Å².